The normalized spacial score (nSPS) is 17.2. The first-order chi connectivity index (χ1) is 9.25. The van der Waals surface area contributed by atoms with E-state index in [2.05, 4.69) is 53.5 Å². The van der Waals surface area contributed by atoms with Crippen LogP contribution in [-0.2, 0) is 13.0 Å². The summed E-state index contributed by atoms with van der Waals surface area (Å²) in [5, 5.41) is 6.43. The predicted molar refractivity (Wildman–Crippen MR) is 86.0 cm³/mol. The van der Waals surface area contributed by atoms with Crippen molar-refractivity contribution < 1.29 is 0 Å². The molecule has 5 heteroatoms. The number of rotatable bonds is 7. The molecule has 1 aliphatic rings. The van der Waals surface area contributed by atoms with Crippen molar-refractivity contribution in [3.63, 3.8) is 0 Å². The zero-order chi connectivity index (χ0) is 13.7. The van der Waals surface area contributed by atoms with E-state index in [4.69, 9.17) is 0 Å². The maximum Gasteiger partial charge on any atom is 0.138 e. The summed E-state index contributed by atoms with van der Waals surface area (Å²) in [6.07, 6.45) is 9.32. The van der Waals surface area contributed by atoms with Gasteiger partial charge in [-0.25, -0.2) is 4.98 Å². The summed E-state index contributed by atoms with van der Waals surface area (Å²) in [5.41, 5.74) is 0.287. The molecule has 0 radical (unpaired) electrons. The SMILES string of the molecule is CCCn1ncnc1CC(CBr)(CBr)C1CCCC1. The van der Waals surface area contributed by atoms with Crippen LogP contribution in [0.4, 0.5) is 0 Å². The molecule has 1 saturated carbocycles. The van der Waals surface area contributed by atoms with Crippen LogP contribution in [0.2, 0.25) is 0 Å². The summed E-state index contributed by atoms with van der Waals surface area (Å²) in [6.45, 7) is 3.16. The van der Waals surface area contributed by atoms with Crippen molar-refractivity contribution in [1.82, 2.24) is 14.8 Å². The van der Waals surface area contributed by atoms with Crippen LogP contribution < -0.4 is 0 Å². The number of alkyl halides is 2. The number of aryl methyl sites for hydroxylation is 1. The van der Waals surface area contributed by atoms with Crippen LogP contribution in [0.1, 0.15) is 44.9 Å². The first kappa shape index (κ1) is 15.5. The molecule has 19 heavy (non-hydrogen) atoms. The monoisotopic (exact) mass is 391 g/mol. The highest BCUT2D eigenvalue weighted by molar-refractivity contribution is 9.09. The minimum absolute atomic E-state index is 0.287. The molecule has 0 spiro atoms. The smallest absolute Gasteiger partial charge is 0.138 e. The summed E-state index contributed by atoms with van der Waals surface area (Å²) in [5.74, 6) is 1.95. The predicted octanol–water partition coefficient (Wildman–Crippen LogP) is 4.20. The fourth-order valence-electron chi connectivity index (χ4n) is 3.17. The van der Waals surface area contributed by atoms with E-state index in [1.807, 2.05) is 0 Å². The Morgan fingerprint density at radius 1 is 1.32 bits per heavy atom. The summed E-state index contributed by atoms with van der Waals surface area (Å²) < 4.78 is 2.08. The summed E-state index contributed by atoms with van der Waals surface area (Å²) in [7, 11) is 0. The lowest BCUT2D eigenvalue weighted by molar-refractivity contribution is 0.225. The highest BCUT2D eigenvalue weighted by Gasteiger charge is 2.39. The van der Waals surface area contributed by atoms with Crippen LogP contribution in [-0.4, -0.2) is 25.4 Å². The Hall–Kier alpha value is 0.100. The summed E-state index contributed by atoms with van der Waals surface area (Å²) >= 11 is 7.53. The molecule has 108 valence electrons. The molecule has 1 aromatic heterocycles. The van der Waals surface area contributed by atoms with Gasteiger partial charge in [0, 0.05) is 23.6 Å². The maximum absolute atomic E-state index is 4.50. The number of halogens is 2. The van der Waals surface area contributed by atoms with Crippen LogP contribution in [0.5, 0.6) is 0 Å². The van der Waals surface area contributed by atoms with E-state index in [-0.39, 0.29) is 5.41 Å². The Balaban J connectivity index is 2.17. The summed E-state index contributed by atoms with van der Waals surface area (Å²) in [6, 6.07) is 0. The average Bonchev–Trinajstić information content (AvgIpc) is 3.09. The van der Waals surface area contributed by atoms with Crippen LogP contribution in [0.15, 0.2) is 6.33 Å². The lowest BCUT2D eigenvalue weighted by atomic mass is 9.75. The van der Waals surface area contributed by atoms with Gasteiger partial charge in [0.05, 0.1) is 0 Å². The van der Waals surface area contributed by atoms with Crippen molar-refractivity contribution in [2.75, 3.05) is 10.7 Å². The Morgan fingerprint density at radius 3 is 2.58 bits per heavy atom. The second kappa shape index (κ2) is 7.21. The van der Waals surface area contributed by atoms with Crippen molar-refractivity contribution >= 4 is 31.9 Å². The van der Waals surface area contributed by atoms with Crippen molar-refractivity contribution in [1.29, 1.82) is 0 Å². The third kappa shape index (κ3) is 3.41. The molecule has 1 fully saturated rings. The lowest BCUT2D eigenvalue weighted by Crippen LogP contribution is -2.36. The molecular weight excluding hydrogens is 370 g/mol. The van der Waals surface area contributed by atoms with E-state index in [1.165, 1.54) is 25.7 Å². The molecule has 0 saturated heterocycles. The number of hydrogen-bond acceptors (Lipinski definition) is 2. The fourth-order valence-corrected chi connectivity index (χ4v) is 5.41. The van der Waals surface area contributed by atoms with E-state index >= 15 is 0 Å². The largest absolute Gasteiger partial charge is 0.250 e. The third-order valence-electron chi connectivity index (χ3n) is 4.39. The Kier molecular flexibility index (Phi) is 5.87. The standard InChI is InChI=1S/C14H23Br2N3/c1-2-7-19-13(17-11-18-19)8-14(9-15,10-16)12-5-3-4-6-12/h11-12H,2-10H2,1H3. The van der Waals surface area contributed by atoms with Crippen molar-refractivity contribution in [3.05, 3.63) is 12.2 Å². The van der Waals surface area contributed by atoms with E-state index in [0.29, 0.717) is 0 Å². The number of aromatic nitrogens is 3. The molecule has 2 rings (SSSR count). The van der Waals surface area contributed by atoms with Crippen LogP contribution in [0.25, 0.3) is 0 Å². The van der Waals surface area contributed by atoms with Crippen LogP contribution in [0.3, 0.4) is 0 Å². The van der Waals surface area contributed by atoms with E-state index < -0.39 is 0 Å². The molecule has 0 atom stereocenters. The first-order valence-corrected chi connectivity index (χ1v) is 9.48. The molecule has 3 nitrogen and oxygen atoms in total. The molecule has 0 bridgehead atoms. The molecule has 1 aliphatic carbocycles. The van der Waals surface area contributed by atoms with Gasteiger partial charge in [-0.15, -0.1) is 0 Å². The second-order valence-corrected chi connectivity index (χ2v) is 6.81. The van der Waals surface area contributed by atoms with E-state index in [1.54, 1.807) is 6.33 Å². The minimum atomic E-state index is 0.287. The van der Waals surface area contributed by atoms with Crippen LogP contribution >= 0.6 is 31.9 Å². The molecule has 0 N–H and O–H groups in total. The maximum atomic E-state index is 4.50. The molecular formula is C14H23Br2N3. The van der Waals surface area contributed by atoms with Gasteiger partial charge in [0.2, 0.25) is 0 Å². The van der Waals surface area contributed by atoms with Crippen molar-refractivity contribution in [2.24, 2.45) is 11.3 Å². The molecule has 0 amide bonds. The van der Waals surface area contributed by atoms with Gasteiger partial charge in [0.1, 0.15) is 12.2 Å². The second-order valence-electron chi connectivity index (χ2n) is 5.69. The lowest BCUT2D eigenvalue weighted by Gasteiger charge is -2.36. The molecule has 0 aromatic carbocycles. The topological polar surface area (TPSA) is 30.7 Å². The Labute approximate surface area is 132 Å². The summed E-state index contributed by atoms with van der Waals surface area (Å²) in [4.78, 5) is 4.50. The zero-order valence-corrected chi connectivity index (χ0v) is 14.8. The zero-order valence-electron chi connectivity index (χ0n) is 11.6. The fraction of sp³-hybridized carbons (Fsp3) is 0.857. The van der Waals surface area contributed by atoms with Gasteiger partial charge in [0.25, 0.3) is 0 Å². The van der Waals surface area contributed by atoms with Gasteiger partial charge in [-0.1, -0.05) is 51.6 Å². The Bertz CT molecular complexity index is 382. The van der Waals surface area contributed by atoms with Crippen LogP contribution in [0, 0.1) is 11.3 Å². The van der Waals surface area contributed by atoms with Gasteiger partial charge in [-0.05, 0) is 30.6 Å². The van der Waals surface area contributed by atoms with Gasteiger partial charge in [0.15, 0.2) is 0 Å². The minimum Gasteiger partial charge on any atom is -0.250 e. The first-order valence-electron chi connectivity index (χ1n) is 7.24. The van der Waals surface area contributed by atoms with Gasteiger partial charge in [-0.3, -0.25) is 4.68 Å². The third-order valence-corrected chi connectivity index (χ3v) is 6.63. The van der Waals surface area contributed by atoms with Crippen molar-refractivity contribution in [3.8, 4) is 0 Å². The Morgan fingerprint density at radius 2 is 2.00 bits per heavy atom. The number of nitrogens with zero attached hydrogens (tertiary/aromatic N) is 3. The van der Waals surface area contributed by atoms with Crippen molar-refractivity contribution in [2.45, 2.75) is 52.0 Å². The van der Waals surface area contributed by atoms with Gasteiger partial charge >= 0.3 is 0 Å². The molecule has 1 aromatic rings. The molecule has 0 unspecified atom stereocenters. The average molecular weight is 393 g/mol. The highest BCUT2D eigenvalue weighted by atomic mass is 79.9. The highest BCUT2D eigenvalue weighted by Crippen LogP contribution is 2.44. The quantitative estimate of drug-likeness (QED) is 0.651. The van der Waals surface area contributed by atoms with E-state index in [9.17, 15) is 0 Å². The number of hydrogen-bond donors (Lipinski definition) is 0. The van der Waals surface area contributed by atoms with E-state index in [0.717, 1.165) is 41.8 Å². The molecule has 0 aliphatic heterocycles. The van der Waals surface area contributed by atoms with Gasteiger partial charge in [-0.2, -0.15) is 5.10 Å². The molecule has 1 heterocycles. The van der Waals surface area contributed by atoms with Gasteiger partial charge < -0.3 is 0 Å².